The number of para-hydroxylation sites is 1. The molecule has 0 spiro atoms. The van der Waals surface area contributed by atoms with Crippen molar-refractivity contribution in [2.45, 2.75) is 45.2 Å². The Morgan fingerprint density at radius 1 is 1.30 bits per heavy atom. The number of pyridine rings is 1. The summed E-state index contributed by atoms with van der Waals surface area (Å²) < 4.78 is 0. The van der Waals surface area contributed by atoms with E-state index in [0.29, 0.717) is 12.6 Å². The van der Waals surface area contributed by atoms with Crippen LogP contribution in [0.1, 0.15) is 38.2 Å². The van der Waals surface area contributed by atoms with Gasteiger partial charge in [0.15, 0.2) is 0 Å². The van der Waals surface area contributed by atoms with Crippen LogP contribution in [0.2, 0.25) is 0 Å². The van der Waals surface area contributed by atoms with Gasteiger partial charge in [0.25, 0.3) is 5.56 Å². The number of benzene rings is 1. The lowest BCUT2D eigenvalue weighted by Gasteiger charge is -2.20. The summed E-state index contributed by atoms with van der Waals surface area (Å²) in [6.07, 6.45) is 5.35. The first kappa shape index (κ1) is 13.4. The van der Waals surface area contributed by atoms with Gasteiger partial charge in [0.2, 0.25) is 0 Å². The fraction of sp³-hybridized carbons (Fsp3) is 0.471. The Bertz CT molecular complexity index is 641. The molecule has 0 saturated heterocycles. The highest BCUT2D eigenvalue weighted by atomic mass is 16.1. The fourth-order valence-corrected chi connectivity index (χ4v) is 3.22. The minimum atomic E-state index is 0.0230. The fourth-order valence-electron chi connectivity index (χ4n) is 3.22. The maximum atomic E-state index is 12.1. The van der Waals surface area contributed by atoms with E-state index in [1.807, 2.05) is 30.3 Å². The Hall–Kier alpha value is -1.61. The SMILES string of the molecule is C[C@@H](NCc1cc2ccccc2[nH]c1=O)C1CCCC1. The molecule has 3 heteroatoms. The maximum Gasteiger partial charge on any atom is 0.252 e. The smallest absolute Gasteiger partial charge is 0.252 e. The third-order valence-electron chi connectivity index (χ3n) is 4.55. The summed E-state index contributed by atoms with van der Waals surface area (Å²) >= 11 is 0. The highest BCUT2D eigenvalue weighted by Gasteiger charge is 2.21. The Labute approximate surface area is 119 Å². The first-order valence-electron chi connectivity index (χ1n) is 7.58. The molecule has 1 aromatic carbocycles. The predicted octanol–water partition coefficient (Wildman–Crippen LogP) is 3.20. The van der Waals surface area contributed by atoms with Gasteiger partial charge < -0.3 is 10.3 Å². The summed E-state index contributed by atoms with van der Waals surface area (Å²) in [5.41, 5.74) is 1.76. The van der Waals surface area contributed by atoms with Crippen molar-refractivity contribution in [3.63, 3.8) is 0 Å². The van der Waals surface area contributed by atoms with E-state index in [9.17, 15) is 4.79 Å². The van der Waals surface area contributed by atoms with Crippen molar-refractivity contribution in [1.82, 2.24) is 10.3 Å². The molecule has 0 amide bonds. The van der Waals surface area contributed by atoms with Crippen LogP contribution < -0.4 is 10.9 Å². The van der Waals surface area contributed by atoms with Crippen molar-refractivity contribution in [3.05, 3.63) is 46.2 Å². The molecule has 1 aliphatic rings. The Kier molecular flexibility index (Phi) is 3.88. The summed E-state index contributed by atoms with van der Waals surface area (Å²) in [5.74, 6) is 0.773. The van der Waals surface area contributed by atoms with Crippen LogP contribution in [-0.2, 0) is 6.54 Å². The highest BCUT2D eigenvalue weighted by molar-refractivity contribution is 5.78. The molecule has 0 unspecified atom stereocenters. The van der Waals surface area contributed by atoms with E-state index in [4.69, 9.17) is 0 Å². The van der Waals surface area contributed by atoms with Gasteiger partial charge in [0.05, 0.1) is 0 Å². The number of rotatable bonds is 4. The average molecular weight is 270 g/mol. The average Bonchev–Trinajstić information content (AvgIpc) is 2.99. The molecule has 106 valence electrons. The van der Waals surface area contributed by atoms with Crippen molar-refractivity contribution in [2.75, 3.05) is 0 Å². The van der Waals surface area contributed by atoms with Crippen molar-refractivity contribution < 1.29 is 0 Å². The monoisotopic (exact) mass is 270 g/mol. The highest BCUT2D eigenvalue weighted by Crippen LogP contribution is 2.27. The largest absolute Gasteiger partial charge is 0.322 e. The van der Waals surface area contributed by atoms with Gasteiger partial charge >= 0.3 is 0 Å². The van der Waals surface area contributed by atoms with E-state index in [-0.39, 0.29) is 5.56 Å². The molecule has 1 atom stereocenters. The van der Waals surface area contributed by atoms with Gasteiger partial charge in [0, 0.05) is 23.7 Å². The Morgan fingerprint density at radius 3 is 2.85 bits per heavy atom. The van der Waals surface area contributed by atoms with Crippen LogP contribution in [0.5, 0.6) is 0 Å². The number of nitrogens with one attached hydrogen (secondary N) is 2. The molecule has 2 N–H and O–H groups in total. The van der Waals surface area contributed by atoms with E-state index < -0.39 is 0 Å². The summed E-state index contributed by atoms with van der Waals surface area (Å²) in [4.78, 5) is 15.0. The summed E-state index contributed by atoms with van der Waals surface area (Å²) in [6.45, 7) is 2.89. The second-order valence-corrected chi connectivity index (χ2v) is 5.93. The minimum absolute atomic E-state index is 0.0230. The predicted molar refractivity (Wildman–Crippen MR) is 82.8 cm³/mol. The number of fused-ring (bicyclic) bond motifs is 1. The molecular formula is C17H22N2O. The number of hydrogen-bond acceptors (Lipinski definition) is 2. The molecule has 0 bridgehead atoms. The maximum absolute atomic E-state index is 12.1. The van der Waals surface area contributed by atoms with Gasteiger partial charge in [-0.3, -0.25) is 4.79 Å². The lowest BCUT2D eigenvalue weighted by atomic mass is 9.99. The van der Waals surface area contributed by atoms with E-state index >= 15 is 0 Å². The second-order valence-electron chi connectivity index (χ2n) is 5.93. The molecule has 0 aliphatic heterocycles. The molecule has 1 saturated carbocycles. The third kappa shape index (κ3) is 2.78. The topological polar surface area (TPSA) is 44.9 Å². The molecule has 3 nitrogen and oxygen atoms in total. The van der Waals surface area contributed by atoms with Crippen LogP contribution in [0.15, 0.2) is 35.1 Å². The van der Waals surface area contributed by atoms with E-state index in [1.54, 1.807) is 0 Å². The third-order valence-corrected chi connectivity index (χ3v) is 4.55. The van der Waals surface area contributed by atoms with E-state index in [1.165, 1.54) is 25.7 Å². The standard InChI is InChI=1S/C17H22N2O/c1-12(13-6-2-3-7-13)18-11-15-10-14-8-4-5-9-16(14)19-17(15)20/h4-5,8-10,12-13,18H,2-3,6-7,11H2,1H3,(H,19,20)/t12-/m1/s1. The van der Waals surface area contributed by atoms with Gasteiger partial charge in [-0.15, -0.1) is 0 Å². The second kappa shape index (κ2) is 5.80. The zero-order valence-electron chi connectivity index (χ0n) is 12.0. The van der Waals surface area contributed by atoms with Crippen LogP contribution in [0.4, 0.5) is 0 Å². The van der Waals surface area contributed by atoms with Crippen LogP contribution >= 0.6 is 0 Å². The molecule has 0 radical (unpaired) electrons. The Morgan fingerprint density at radius 2 is 2.05 bits per heavy atom. The van der Waals surface area contributed by atoms with Gasteiger partial charge in [-0.05, 0) is 43.2 Å². The number of aromatic amines is 1. The molecular weight excluding hydrogens is 248 g/mol. The summed E-state index contributed by atoms with van der Waals surface area (Å²) in [5, 5.41) is 4.62. The molecule has 3 rings (SSSR count). The summed E-state index contributed by atoms with van der Waals surface area (Å²) in [7, 11) is 0. The zero-order valence-corrected chi connectivity index (χ0v) is 12.0. The van der Waals surface area contributed by atoms with Crippen molar-refractivity contribution in [3.8, 4) is 0 Å². The number of aromatic nitrogens is 1. The van der Waals surface area contributed by atoms with Crippen LogP contribution in [0, 0.1) is 5.92 Å². The molecule has 1 heterocycles. The lowest BCUT2D eigenvalue weighted by Crippen LogP contribution is -2.33. The van der Waals surface area contributed by atoms with Gasteiger partial charge in [-0.1, -0.05) is 31.0 Å². The van der Waals surface area contributed by atoms with Crippen LogP contribution in [-0.4, -0.2) is 11.0 Å². The minimum Gasteiger partial charge on any atom is -0.322 e. The first-order chi connectivity index (χ1) is 9.74. The van der Waals surface area contributed by atoms with Crippen LogP contribution in [0.3, 0.4) is 0 Å². The van der Waals surface area contributed by atoms with Crippen LogP contribution in [0.25, 0.3) is 10.9 Å². The number of hydrogen-bond donors (Lipinski definition) is 2. The molecule has 1 aliphatic carbocycles. The summed E-state index contributed by atoms with van der Waals surface area (Å²) in [6, 6.07) is 10.4. The lowest BCUT2D eigenvalue weighted by molar-refractivity contribution is 0.380. The van der Waals surface area contributed by atoms with Gasteiger partial charge in [0.1, 0.15) is 0 Å². The quantitative estimate of drug-likeness (QED) is 0.896. The Balaban J connectivity index is 1.73. The molecule has 1 aromatic heterocycles. The van der Waals surface area contributed by atoms with Crippen molar-refractivity contribution in [1.29, 1.82) is 0 Å². The number of H-pyrrole nitrogens is 1. The first-order valence-corrected chi connectivity index (χ1v) is 7.58. The zero-order chi connectivity index (χ0) is 13.9. The molecule has 20 heavy (non-hydrogen) atoms. The normalized spacial score (nSPS) is 17.6. The van der Waals surface area contributed by atoms with Crippen molar-refractivity contribution >= 4 is 10.9 Å². The van der Waals surface area contributed by atoms with Gasteiger partial charge in [-0.25, -0.2) is 0 Å². The van der Waals surface area contributed by atoms with Crippen molar-refractivity contribution in [2.24, 2.45) is 5.92 Å². The van der Waals surface area contributed by atoms with E-state index in [2.05, 4.69) is 17.2 Å². The van der Waals surface area contributed by atoms with Gasteiger partial charge in [-0.2, -0.15) is 0 Å². The molecule has 2 aromatic rings. The van der Waals surface area contributed by atoms with E-state index in [0.717, 1.165) is 22.4 Å². The molecule has 1 fully saturated rings.